The first-order valence-corrected chi connectivity index (χ1v) is 8.17. The Balaban J connectivity index is 1.83. The van der Waals surface area contributed by atoms with Crippen LogP contribution in [-0.4, -0.2) is 22.6 Å². The molecule has 20 heavy (non-hydrogen) atoms. The number of aromatic amines is 1. The summed E-state index contributed by atoms with van der Waals surface area (Å²) in [6.07, 6.45) is 3.65. The summed E-state index contributed by atoms with van der Waals surface area (Å²) in [5.41, 5.74) is 2.97. The summed E-state index contributed by atoms with van der Waals surface area (Å²) in [6.45, 7) is 2.66. The summed E-state index contributed by atoms with van der Waals surface area (Å²) in [4.78, 5) is 12.1. The van der Waals surface area contributed by atoms with E-state index < -0.39 is 0 Å². The average Bonchev–Trinajstić information content (AvgIpc) is 2.83. The van der Waals surface area contributed by atoms with E-state index in [4.69, 9.17) is 0 Å². The number of aryl methyl sites for hydroxylation is 2. The molecule has 0 fully saturated rings. The number of hydrogen-bond acceptors (Lipinski definition) is 2. The Hall–Kier alpha value is -0.890. The highest BCUT2D eigenvalue weighted by atomic mass is 127. The predicted molar refractivity (Wildman–Crippen MR) is 90.8 cm³/mol. The van der Waals surface area contributed by atoms with Crippen LogP contribution in [0.3, 0.4) is 0 Å². The largest absolute Gasteiger partial charge is 0.352 e. The molecule has 1 aromatic carbocycles. The fraction of sp³-hybridized carbons (Fsp3) is 0.286. The highest BCUT2D eigenvalue weighted by molar-refractivity contribution is 14.1. The smallest absolute Gasteiger partial charge is 0.252 e. The molecular formula is C14H15BrIN3O. The lowest BCUT2D eigenvalue weighted by Crippen LogP contribution is -2.25. The number of carbonyl (C=O) groups is 1. The first kappa shape index (κ1) is 15.5. The predicted octanol–water partition coefficient (Wildman–Crippen LogP) is 3.45. The molecule has 0 saturated heterocycles. The first-order chi connectivity index (χ1) is 9.58. The molecule has 0 radical (unpaired) electrons. The first-order valence-electron chi connectivity index (χ1n) is 6.30. The van der Waals surface area contributed by atoms with Gasteiger partial charge in [-0.05, 0) is 82.0 Å². The molecule has 0 aliphatic heterocycles. The van der Waals surface area contributed by atoms with Crippen molar-refractivity contribution in [3.05, 3.63) is 49.3 Å². The molecule has 4 nitrogen and oxygen atoms in total. The average molecular weight is 448 g/mol. The molecule has 1 aromatic heterocycles. The number of rotatable bonds is 5. The third-order valence-electron chi connectivity index (χ3n) is 3.02. The van der Waals surface area contributed by atoms with Crippen molar-refractivity contribution >= 4 is 44.4 Å². The van der Waals surface area contributed by atoms with E-state index in [0.29, 0.717) is 12.1 Å². The molecule has 2 rings (SSSR count). The molecule has 0 atom stereocenters. The van der Waals surface area contributed by atoms with Gasteiger partial charge in [0.15, 0.2) is 0 Å². The minimum absolute atomic E-state index is 0.0423. The number of halogens is 2. The van der Waals surface area contributed by atoms with Crippen LogP contribution < -0.4 is 5.32 Å². The van der Waals surface area contributed by atoms with Crippen LogP contribution in [0.4, 0.5) is 0 Å². The van der Waals surface area contributed by atoms with E-state index in [9.17, 15) is 4.79 Å². The van der Waals surface area contributed by atoms with Crippen LogP contribution in [0, 0.1) is 10.5 Å². The van der Waals surface area contributed by atoms with Gasteiger partial charge in [0, 0.05) is 20.3 Å². The number of carbonyl (C=O) groups excluding carboxylic acids is 1. The zero-order valence-electron chi connectivity index (χ0n) is 11.0. The van der Waals surface area contributed by atoms with Gasteiger partial charge in [-0.25, -0.2) is 0 Å². The Morgan fingerprint density at radius 2 is 2.30 bits per heavy atom. The van der Waals surface area contributed by atoms with Gasteiger partial charge in [0.05, 0.1) is 11.8 Å². The fourth-order valence-corrected chi connectivity index (χ4v) is 2.79. The lowest BCUT2D eigenvalue weighted by Gasteiger charge is -2.07. The van der Waals surface area contributed by atoms with E-state index in [1.165, 1.54) is 5.56 Å². The quantitative estimate of drug-likeness (QED) is 0.544. The van der Waals surface area contributed by atoms with Crippen molar-refractivity contribution in [3.63, 3.8) is 0 Å². The molecule has 106 valence electrons. The van der Waals surface area contributed by atoms with Crippen molar-refractivity contribution in [1.82, 2.24) is 15.5 Å². The standard InChI is InChI=1S/C14H15BrIN3O/c1-9-10(8-18-19-9)3-2-6-17-14(20)12-7-11(16)4-5-13(12)15/h4-5,7-8H,2-3,6H2,1H3,(H,17,20)(H,18,19). The number of amides is 1. The van der Waals surface area contributed by atoms with Crippen LogP contribution in [0.25, 0.3) is 0 Å². The van der Waals surface area contributed by atoms with Crippen LogP contribution in [0.5, 0.6) is 0 Å². The molecule has 0 bridgehead atoms. The lowest BCUT2D eigenvalue weighted by molar-refractivity contribution is 0.0952. The van der Waals surface area contributed by atoms with E-state index in [0.717, 1.165) is 26.6 Å². The molecule has 0 aliphatic rings. The van der Waals surface area contributed by atoms with Crippen molar-refractivity contribution in [1.29, 1.82) is 0 Å². The van der Waals surface area contributed by atoms with Crippen molar-refractivity contribution in [2.45, 2.75) is 19.8 Å². The molecule has 0 unspecified atom stereocenters. The van der Waals surface area contributed by atoms with Crippen LogP contribution in [0.2, 0.25) is 0 Å². The van der Waals surface area contributed by atoms with Crippen molar-refractivity contribution in [2.75, 3.05) is 6.54 Å². The number of nitrogens with zero attached hydrogens (tertiary/aromatic N) is 1. The van der Waals surface area contributed by atoms with Crippen LogP contribution in [0.1, 0.15) is 28.0 Å². The van der Waals surface area contributed by atoms with Crippen LogP contribution >= 0.6 is 38.5 Å². The highest BCUT2D eigenvalue weighted by Crippen LogP contribution is 2.19. The topological polar surface area (TPSA) is 57.8 Å². The number of H-pyrrole nitrogens is 1. The Labute approximate surface area is 140 Å². The summed E-state index contributed by atoms with van der Waals surface area (Å²) >= 11 is 5.60. The third-order valence-corrected chi connectivity index (χ3v) is 4.38. The number of hydrogen-bond donors (Lipinski definition) is 2. The number of nitrogens with one attached hydrogen (secondary N) is 2. The van der Waals surface area contributed by atoms with Gasteiger partial charge >= 0.3 is 0 Å². The second kappa shape index (κ2) is 7.21. The SMILES string of the molecule is Cc1[nH]ncc1CCCNC(=O)c1cc(I)ccc1Br. The van der Waals surface area contributed by atoms with E-state index in [1.54, 1.807) is 0 Å². The number of benzene rings is 1. The normalized spacial score (nSPS) is 10.6. The van der Waals surface area contributed by atoms with Gasteiger partial charge in [0.25, 0.3) is 5.91 Å². The maximum Gasteiger partial charge on any atom is 0.252 e. The summed E-state index contributed by atoms with van der Waals surface area (Å²) in [6, 6.07) is 5.73. The maximum atomic E-state index is 12.1. The Morgan fingerprint density at radius 3 is 3.00 bits per heavy atom. The minimum Gasteiger partial charge on any atom is -0.352 e. The van der Waals surface area contributed by atoms with Gasteiger partial charge in [-0.1, -0.05) is 0 Å². The summed E-state index contributed by atoms with van der Waals surface area (Å²) in [7, 11) is 0. The lowest BCUT2D eigenvalue weighted by atomic mass is 10.1. The van der Waals surface area contributed by atoms with Crippen LogP contribution in [0.15, 0.2) is 28.9 Å². The molecule has 2 aromatic rings. The summed E-state index contributed by atoms with van der Waals surface area (Å²) < 4.78 is 1.87. The fourth-order valence-electron chi connectivity index (χ4n) is 1.88. The molecule has 0 aliphatic carbocycles. The molecule has 2 N–H and O–H groups in total. The van der Waals surface area contributed by atoms with Crippen molar-refractivity contribution in [3.8, 4) is 0 Å². The molecule has 6 heteroatoms. The van der Waals surface area contributed by atoms with Crippen LogP contribution in [-0.2, 0) is 6.42 Å². The Bertz CT molecular complexity index is 612. The molecule has 0 saturated carbocycles. The number of aromatic nitrogens is 2. The maximum absolute atomic E-state index is 12.1. The van der Waals surface area contributed by atoms with E-state index >= 15 is 0 Å². The van der Waals surface area contributed by atoms with Gasteiger partial charge in [-0.15, -0.1) is 0 Å². The van der Waals surface area contributed by atoms with Crippen molar-refractivity contribution < 1.29 is 4.79 Å². The summed E-state index contributed by atoms with van der Waals surface area (Å²) in [5.74, 6) is -0.0423. The van der Waals surface area contributed by atoms with Gasteiger partial charge in [0.1, 0.15) is 0 Å². The second-order valence-electron chi connectivity index (χ2n) is 4.50. The van der Waals surface area contributed by atoms with E-state index in [2.05, 4.69) is 54.0 Å². The highest BCUT2D eigenvalue weighted by Gasteiger charge is 2.10. The zero-order valence-corrected chi connectivity index (χ0v) is 14.8. The Kier molecular flexibility index (Phi) is 5.59. The monoisotopic (exact) mass is 447 g/mol. The van der Waals surface area contributed by atoms with Gasteiger partial charge < -0.3 is 5.32 Å². The Morgan fingerprint density at radius 1 is 1.50 bits per heavy atom. The van der Waals surface area contributed by atoms with Gasteiger partial charge in [0.2, 0.25) is 0 Å². The molecular weight excluding hydrogens is 433 g/mol. The minimum atomic E-state index is -0.0423. The van der Waals surface area contributed by atoms with Crippen molar-refractivity contribution in [2.24, 2.45) is 0 Å². The second-order valence-corrected chi connectivity index (χ2v) is 6.60. The van der Waals surface area contributed by atoms with E-state index in [1.807, 2.05) is 31.3 Å². The third kappa shape index (κ3) is 4.05. The van der Waals surface area contributed by atoms with Gasteiger partial charge in [-0.2, -0.15) is 5.10 Å². The van der Waals surface area contributed by atoms with E-state index in [-0.39, 0.29) is 5.91 Å². The molecule has 1 amide bonds. The molecule has 0 spiro atoms. The summed E-state index contributed by atoms with van der Waals surface area (Å²) in [5, 5.41) is 9.84. The zero-order chi connectivity index (χ0) is 14.5. The van der Waals surface area contributed by atoms with Gasteiger partial charge in [-0.3, -0.25) is 9.89 Å². The molecule has 1 heterocycles.